The average molecular weight is 495 g/mol. The Morgan fingerprint density at radius 3 is 1.92 bits per heavy atom. The molecule has 0 bridgehead atoms. The van der Waals surface area contributed by atoms with Crippen LogP contribution in [0.3, 0.4) is 0 Å². The van der Waals surface area contributed by atoms with E-state index in [-0.39, 0.29) is 5.75 Å². The summed E-state index contributed by atoms with van der Waals surface area (Å²) < 4.78 is 5.75. The van der Waals surface area contributed by atoms with Gasteiger partial charge in [-0.3, -0.25) is 4.90 Å². The average Bonchev–Trinajstić information content (AvgIpc) is 3.64. The smallest absolute Gasteiger partial charge is 0.229 e. The number of rotatable bonds is 11. The van der Waals surface area contributed by atoms with Crippen LogP contribution in [0.5, 0.6) is 11.5 Å². The summed E-state index contributed by atoms with van der Waals surface area (Å²) in [5.74, 6) is 4.27. The molecule has 196 valence electrons. The molecule has 1 aromatic carbocycles. The molecular weight excluding hydrogens is 452 g/mol. The number of piperazine rings is 1. The third-order valence-corrected chi connectivity index (χ3v) is 7.68. The Bertz CT molecular complexity index is 901. The van der Waals surface area contributed by atoms with Crippen molar-refractivity contribution in [2.75, 3.05) is 80.2 Å². The topological polar surface area (TPSA) is 68.2 Å². The molecule has 0 saturated carbocycles. The lowest BCUT2D eigenvalue weighted by Crippen LogP contribution is -2.47. The lowest BCUT2D eigenvalue weighted by atomic mass is 10.2. The summed E-state index contributed by atoms with van der Waals surface area (Å²) in [6.07, 6.45) is 9.77. The molecule has 2 aromatic rings. The summed E-state index contributed by atoms with van der Waals surface area (Å²) in [5.41, 5.74) is 0. The second kappa shape index (κ2) is 12.5. The van der Waals surface area contributed by atoms with E-state index in [0.29, 0.717) is 0 Å². The minimum Gasteiger partial charge on any atom is -0.508 e. The van der Waals surface area contributed by atoms with Gasteiger partial charge in [0.25, 0.3) is 0 Å². The van der Waals surface area contributed by atoms with Gasteiger partial charge in [0.1, 0.15) is 23.1 Å². The number of nitrogens with zero attached hydrogens (tertiary/aromatic N) is 6. The Labute approximate surface area is 215 Å². The molecule has 1 N–H and O–H groups in total. The van der Waals surface area contributed by atoms with Gasteiger partial charge in [0, 0.05) is 58.4 Å². The molecule has 0 unspecified atom stereocenters. The summed E-state index contributed by atoms with van der Waals surface area (Å²) in [5, 5.41) is 9.34. The number of anilines is 3. The molecule has 3 saturated heterocycles. The Hall–Kier alpha value is -2.74. The molecule has 0 radical (unpaired) electrons. The SMILES string of the molecule is Oc1ccc(OCCCCCCN2CCN(c3cc(N4CCCC4)nc(N4CCCC4)n3)CC2)cc1. The minimum absolute atomic E-state index is 0.277. The molecule has 4 heterocycles. The van der Waals surface area contributed by atoms with Crippen LogP contribution in [0.15, 0.2) is 30.3 Å². The maximum atomic E-state index is 9.34. The van der Waals surface area contributed by atoms with Crippen molar-refractivity contribution in [2.24, 2.45) is 0 Å². The molecule has 0 atom stereocenters. The van der Waals surface area contributed by atoms with E-state index in [1.807, 2.05) is 12.1 Å². The van der Waals surface area contributed by atoms with E-state index in [1.54, 1.807) is 12.1 Å². The maximum Gasteiger partial charge on any atom is 0.229 e. The van der Waals surface area contributed by atoms with Gasteiger partial charge in [0.15, 0.2) is 0 Å². The van der Waals surface area contributed by atoms with Crippen LogP contribution in [0.1, 0.15) is 51.4 Å². The van der Waals surface area contributed by atoms with Gasteiger partial charge in [-0.05, 0) is 69.3 Å². The van der Waals surface area contributed by atoms with Crippen LogP contribution in [-0.2, 0) is 0 Å². The second-order valence-corrected chi connectivity index (χ2v) is 10.4. The van der Waals surface area contributed by atoms with Gasteiger partial charge in [-0.1, -0.05) is 12.8 Å². The molecule has 3 aliphatic heterocycles. The number of aromatic nitrogens is 2. The van der Waals surface area contributed by atoms with Crippen LogP contribution in [0.2, 0.25) is 0 Å². The molecule has 36 heavy (non-hydrogen) atoms. The fraction of sp³-hybridized carbons (Fsp3) is 0.643. The third kappa shape index (κ3) is 6.72. The van der Waals surface area contributed by atoms with Gasteiger partial charge >= 0.3 is 0 Å². The van der Waals surface area contributed by atoms with Crippen LogP contribution in [0, 0.1) is 0 Å². The van der Waals surface area contributed by atoms with Gasteiger partial charge in [-0.15, -0.1) is 0 Å². The molecule has 8 heteroatoms. The number of hydrogen-bond acceptors (Lipinski definition) is 8. The highest BCUT2D eigenvalue weighted by Gasteiger charge is 2.24. The highest BCUT2D eigenvalue weighted by molar-refractivity contribution is 5.56. The zero-order chi connectivity index (χ0) is 24.6. The first-order valence-electron chi connectivity index (χ1n) is 14.0. The van der Waals surface area contributed by atoms with Gasteiger partial charge in [-0.25, -0.2) is 0 Å². The predicted octanol–water partition coefficient (Wildman–Crippen LogP) is 4.14. The number of hydrogen-bond donors (Lipinski definition) is 1. The van der Waals surface area contributed by atoms with E-state index in [4.69, 9.17) is 14.7 Å². The standard InChI is InChI=1S/C28H42N6O2/c35-24-9-11-25(12-10-24)36-22-8-2-1-3-13-31-18-20-33(21-19-31)27-23-26(32-14-4-5-15-32)29-28(30-27)34-16-6-7-17-34/h9-12,23,35H,1-8,13-22H2. The summed E-state index contributed by atoms with van der Waals surface area (Å²) in [4.78, 5) is 19.9. The molecule has 5 rings (SSSR count). The lowest BCUT2D eigenvalue weighted by molar-refractivity contribution is 0.249. The number of ether oxygens (including phenoxy) is 1. The van der Waals surface area contributed by atoms with Crippen molar-refractivity contribution >= 4 is 17.6 Å². The van der Waals surface area contributed by atoms with Gasteiger partial charge in [0.05, 0.1) is 6.61 Å². The molecule has 8 nitrogen and oxygen atoms in total. The molecule has 0 aliphatic carbocycles. The Morgan fingerprint density at radius 2 is 1.25 bits per heavy atom. The van der Waals surface area contributed by atoms with Crippen molar-refractivity contribution in [1.29, 1.82) is 0 Å². The Kier molecular flexibility index (Phi) is 8.64. The van der Waals surface area contributed by atoms with E-state index in [2.05, 4.69) is 25.7 Å². The van der Waals surface area contributed by atoms with Gasteiger partial charge < -0.3 is 24.5 Å². The van der Waals surface area contributed by atoms with E-state index in [1.165, 1.54) is 51.5 Å². The maximum absolute atomic E-state index is 9.34. The Balaban J connectivity index is 1.04. The molecule has 0 amide bonds. The van der Waals surface area contributed by atoms with E-state index >= 15 is 0 Å². The third-order valence-electron chi connectivity index (χ3n) is 7.68. The normalized spacial score (nSPS) is 18.8. The van der Waals surface area contributed by atoms with Crippen LogP contribution in [-0.4, -0.2) is 85.5 Å². The zero-order valence-corrected chi connectivity index (χ0v) is 21.7. The number of phenolic OH excluding ortho intramolecular Hbond substituents is 1. The van der Waals surface area contributed by atoms with Crippen molar-refractivity contribution in [3.8, 4) is 11.5 Å². The van der Waals surface area contributed by atoms with Crippen molar-refractivity contribution in [3.63, 3.8) is 0 Å². The van der Waals surface area contributed by atoms with Crippen LogP contribution in [0.4, 0.5) is 17.6 Å². The van der Waals surface area contributed by atoms with E-state index in [0.717, 1.165) is 88.7 Å². The number of benzene rings is 1. The molecule has 3 aliphatic rings. The fourth-order valence-electron chi connectivity index (χ4n) is 5.46. The van der Waals surface area contributed by atoms with Crippen molar-refractivity contribution in [2.45, 2.75) is 51.4 Å². The first-order valence-corrected chi connectivity index (χ1v) is 14.0. The number of phenols is 1. The minimum atomic E-state index is 0.277. The fourth-order valence-corrected chi connectivity index (χ4v) is 5.46. The molecule has 1 aromatic heterocycles. The predicted molar refractivity (Wildman–Crippen MR) is 146 cm³/mol. The largest absolute Gasteiger partial charge is 0.508 e. The lowest BCUT2D eigenvalue weighted by Gasteiger charge is -2.36. The van der Waals surface area contributed by atoms with Gasteiger partial charge in [0.2, 0.25) is 5.95 Å². The molecule has 3 fully saturated rings. The highest BCUT2D eigenvalue weighted by Crippen LogP contribution is 2.28. The number of unbranched alkanes of at least 4 members (excludes halogenated alkanes) is 3. The summed E-state index contributed by atoms with van der Waals surface area (Å²) >= 11 is 0. The zero-order valence-electron chi connectivity index (χ0n) is 21.7. The second-order valence-electron chi connectivity index (χ2n) is 10.4. The highest BCUT2D eigenvalue weighted by atomic mass is 16.5. The summed E-state index contributed by atoms with van der Waals surface area (Å²) in [7, 11) is 0. The van der Waals surface area contributed by atoms with Crippen LogP contribution < -0.4 is 19.4 Å². The van der Waals surface area contributed by atoms with Crippen molar-refractivity contribution < 1.29 is 9.84 Å². The van der Waals surface area contributed by atoms with Crippen molar-refractivity contribution in [3.05, 3.63) is 30.3 Å². The molecule has 0 spiro atoms. The molecular formula is C28H42N6O2. The first-order chi connectivity index (χ1) is 17.7. The summed E-state index contributed by atoms with van der Waals surface area (Å²) in [6.45, 7) is 10.6. The Morgan fingerprint density at radius 1 is 0.667 bits per heavy atom. The monoisotopic (exact) mass is 494 g/mol. The van der Waals surface area contributed by atoms with E-state index < -0.39 is 0 Å². The van der Waals surface area contributed by atoms with Crippen LogP contribution >= 0.6 is 0 Å². The quantitative estimate of drug-likeness (QED) is 0.468. The first kappa shape index (κ1) is 24.9. The van der Waals surface area contributed by atoms with Gasteiger partial charge in [-0.2, -0.15) is 9.97 Å². The summed E-state index contributed by atoms with van der Waals surface area (Å²) in [6, 6.07) is 9.20. The van der Waals surface area contributed by atoms with Crippen LogP contribution in [0.25, 0.3) is 0 Å². The van der Waals surface area contributed by atoms with E-state index in [9.17, 15) is 5.11 Å². The number of aromatic hydroxyl groups is 1. The van der Waals surface area contributed by atoms with Crippen molar-refractivity contribution in [1.82, 2.24) is 14.9 Å².